The molecule has 3 rings (SSSR count). The number of piperazine rings is 1. The maximum Gasteiger partial charge on any atom is 0.0825 e. The van der Waals surface area contributed by atoms with Crippen molar-refractivity contribution in [2.24, 2.45) is 11.7 Å². The molecule has 2 aliphatic rings. The standard InChI is InChI=1S/C17H25Cl2N3.3ClH/c18-15-2-1-3-16(17(15)19)22-10-8-21(9-11-22)12-13-4-6-14(20)7-5-13;;;/h1-3,13-14H,4-12,20H2;3*1H. The monoisotopic (exact) mass is 449 g/mol. The molecule has 1 saturated carbocycles. The van der Waals surface area contributed by atoms with E-state index in [4.69, 9.17) is 28.9 Å². The molecular weight excluding hydrogens is 423 g/mol. The average Bonchev–Trinajstić information content (AvgIpc) is 2.53. The van der Waals surface area contributed by atoms with Crippen molar-refractivity contribution in [1.29, 1.82) is 0 Å². The van der Waals surface area contributed by atoms with Crippen molar-refractivity contribution >= 4 is 66.1 Å². The second kappa shape index (κ2) is 12.0. The van der Waals surface area contributed by atoms with Crippen LogP contribution in [0.3, 0.4) is 0 Å². The predicted octanol–water partition coefficient (Wildman–Crippen LogP) is 4.90. The lowest BCUT2D eigenvalue weighted by atomic mass is 9.86. The topological polar surface area (TPSA) is 32.5 Å². The van der Waals surface area contributed by atoms with Crippen molar-refractivity contribution in [3.8, 4) is 0 Å². The van der Waals surface area contributed by atoms with Gasteiger partial charge in [0.1, 0.15) is 0 Å². The fourth-order valence-electron chi connectivity index (χ4n) is 3.64. The van der Waals surface area contributed by atoms with Gasteiger partial charge in [0.2, 0.25) is 0 Å². The van der Waals surface area contributed by atoms with Crippen LogP contribution in [0.2, 0.25) is 10.0 Å². The summed E-state index contributed by atoms with van der Waals surface area (Å²) in [6, 6.07) is 6.32. The smallest absolute Gasteiger partial charge is 0.0825 e. The van der Waals surface area contributed by atoms with Crippen molar-refractivity contribution in [1.82, 2.24) is 4.90 Å². The van der Waals surface area contributed by atoms with Crippen molar-refractivity contribution in [2.75, 3.05) is 37.6 Å². The maximum atomic E-state index is 6.33. The van der Waals surface area contributed by atoms with Crippen LogP contribution in [0.15, 0.2) is 18.2 Å². The molecular formula is C17H28Cl5N3. The zero-order valence-corrected chi connectivity index (χ0v) is 18.2. The molecule has 0 unspecified atom stereocenters. The van der Waals surface area contributed by atoms with Gasteiger partial charge in [0.15, 0.2) is 0 Å². The van der Waals surface area contributed by atoms with Gasteiger partial charge in [0, 0.05) is 38.8 Å². The van der Waals surface area contributed by atoms with E-state index >= 15 is 0 Å². The number of halogens is 5. The van der Waals surface area contributed by atoms with Crippen LogP contribution < -0.4 is 10.6 Å². The van der Waals surface area contributed by atoms with E-state index in [0.29, 0.717) is 16.1 Å². The highest BCUT2D eigenvalue weighted by atomic mass is 35.5. The number of anilines is 1. The van der Waals surface area contributed by atoms with E-state index in [1.807, 2.05) is 12.1 Å². The summed E-state index contributed by atoms with van der Waals surface area (Å²) in [5, 5.41) is 1.32. The molecule has 1 heterocycles. The van der Waals surface area contributed by atoms with Gasteiger partial charge in [-0.25, -0.2) is 0 Å². The van der Waals surface area contributed by atoms with E-state index in [-0.39, 0.29) is 37.2 Å². The number of rotatable bonds is 3. The number of hydrogen-bond donors (Lipinski definition) is 1. The molecule has 0 radical (unpaired) electrons. The zero-order chi connectivity index (χ0) is 15.5. The van der Waals surface area contributed by atoms with Gasteiger partial charge in [-0.3, -0.25) is 4.90 Å². The van der Waals surface area contributed by atoms with Crippen LogP contribution in [0.1, 0.15) is 25.7 Å². The van der Waals surface area contributed by atoms with Gasteiger partial charge < -0.3 is 10.6 Å². The summed E-state index contributed by atoms with van der Waals surface area (Å²) in [6.07, 6.45) is 4.98. The molecule has 25 heavy (non-hydrogen) atoms. The molecule has 1 saturated heterocycles. The summed E-state index contributed by atoms with van der Waals surface area (Å²) < 4.78 is 0. The van der Waals surface area contributed by atoms with Crippen molar-refractivity contribution < 1.29 is 0 Å². The van der Waals surface area contributed by atoms with Gasteiger partial charge in [0.05, 0.1) is 15.7 Å². The van der Waals surface area contributed by atoms with Crippen molar-refractivity contribution in [2.45, 2.75) is 31.7 Å². The Hall–Kier alpha value is 0.390. The number of hydrogen-bond acceptors (Lipinski definition) is 3. The van der Waals surface area contributed by atoms with Crippen LogP contribution in [0.4, 0.5) is 5.69 Å². The number of benzene rings is 1. The van der Waals surface area contributed by atoms with Gasteiger partial charge in [0.25, 0.3) is 0 Å². The van der Waals surface area contributed by atoms with E-state index in [2.05, 4.69) is 15.9 Å². The molecule has 8 heteroatoms. The Kier molecular flexibility index (Phi) is 12.2. The first-order chi connectivity index (χ1) is 10.6. The minimum absolute atomic E-state index is 0. The van der Waals surface area contributed by atoms with Gasteiger partial charge in [-0.1, -0.05) is 29.3 Å². The van der Waals surface area contributed by atoms with Crippen LogP contribution in [-0.2, 0) is 0 Å². The summed E-state index contributed by atoms with van der Waals surface area (Å²) in [5.74, 6) is 0.834. The van der Waals surface area contributed by atoms with Gasteiger partial charge in [-0.05, 0) is 43.7 Å². The Morgan fingerprint density at radius 2 is 1.52 bits per heavy atom. The lowest BCUT2D eigenvalue weighted by Gasteiger charge is -2.39. The molecule has 2 N–H and O–H groups in total. The molecule has 3 nitrogen and oxygen atoms in total. The lowest BCUT2D eigenvalue weighted by molar-refractivity contribution is 0.186. The first-order valence-corrected chi connectivity index (χ1v) is 9.06. The molecule has 1 aliphatic carbocycles. The minimum Gasteiger partial charge on any atom is -0.368 e. The Morgan fingerprint density at radius 1 is 0.920 bits per heavy atom. The van der Waals surface area contributed by atoms with Crippen LogP contribution in [-0.4, -0.2) is 43.7 Å². The van der Waals surface area contributed by atoms with Crippen LogP contribution in [0, 0.1) is 5.92 Å². The van der Waals surface area contributed by atoms with Crippen molar-refractivity contribution in [3.63, 3.8) is 0 Å². The van der Waals surface area contributed by atoms with E-state index in [1.165, 1.54) is 32.2 Å². The third-order valence-electron chi connectivity index (χ3n) is 5.05. The Bertz CT molecular complexity index is 501. The van der Waals surface area contributed by atoms with Crippen LogP contribution >= 0.6 is 60.4 Å². The highest BCUT2D eigenvalue weighted by Crippen LogP contribution is 2.33. The molecule has 0 bridgehead atoms. The molecule has 146 valence electrons. The second-order valence-electron chi connectivity index (χ2n) is 6.64. The van der Waals surface area contributed by atoms with Crippen LogP contribution in [0.25, 0.3) is 0 Å². The quantitative estimate of drug-likeness (QED) is 0.710. The SMILES string of the molecule is Cl.Cl.Cl.NC1CCC(CN2CCN(c3cccc(Cl)c3Cl)CC2)CC1. The average molecular weight is 452 g/mol. The first-order valence-electron chi connectivity index (χ1n) is 8.30. The van der Waals surface area contributed by atoms with E-state index in [9.17, 15) is 0 Å². The van der Waals surface area contributed by atoms with Gasteiger partial charge in [-0.15, -0.1) is 37.2 Å². The predicted molar refractivity (Wildman–Crippen MR) is 117 cm³/mol. The third-order valence-corrected chi connectivity index (χ3v) is 5.86. The molecule has 0 amide bonds. The molecule has 0 aromatic heterocycles. The fraction of sp³-hybridized carbons (Fsp3) is 0.647. The molecule has 1 aliphatic heterocycles. The van der Waals surface area contributed by atoms with E-state index in [0.717, 1.165) is 37.8 Å². The van der Waals surface area contributed by atoms with Crippen LogP contribution in [0.5, 0.6) is 0 Å². The highest BCUT2D eigenvalue weighted by Gasteiger charge is 2.24. The highest BCUT2D eigenvalue weighted by molar-refractivity contribution is 6.43. The summed E-state index contributed by atoms with van der Waals surface area (Å²) in [5.41, 5.74) is 7.06. The van der Waals surface area contributed by atoms with Gasteiger partial charge in [-0.2, -0.15) is 0 Å². The van der Waals surface area contributed by atoms with E-state index < -0.39 is 0 Å². The summed E-state index contributed by atoms with van der Waals surface area (Å²) >= 11 is 12.5. The second-order valence-corrected chi connectivity index (χ2v) is 7.43. The van der Waals surface area contributed by atoms with E-state index in [1.54, 1.807) is 0 Å². The summed E-state index contributed by atoms with van der Waals surface area (Å²) in [6.45, 7) is 5.47. The molecule has 0 atom stereocenters. The Labute approximate surface area is 179 Å². The molecule has 2 fully saturated rings. The van der Waals surface area contributed by atoms with Crippen molar-refractivity contribution in [3.05, 3.63) is 28.2 Å². The molecule has 0 spiro atoms. The first kappa shape index (κ1) is 25.4. The Balaban J connectivity index is 0.00000192. The molecule has 1 aromatic carbocycles. The fourth-order valence-corrected chi connectivity index (χ4v) is 4.06. The minimum atomic E-state index is 0. The normalized spacial score (nSPS) is 23.9. The number of nitrogens with zero attached hydrogens (tertiary/aromatic N) is 2. The summed E-state index contributed by atoms with van der Waals surface area (Å²) in [7, 11) is 0. The maximum absolute atomic E-state index is 6.33. The zero-order valence-electron chi connectivity index (χ0n) is 14.2. The number of nitrogens with two attached hydrogens (primary N) is 1. The third kappa shape index (κ3) is 6.80. The lowest BCUT2D eigenvalue weighted by Crippen LogP contribution is -2.48. The Morgan fingerprint density at radius 3 is 2.12 bits per heavy atom. The molecule has 1 aromatic rings. The van der Waals surface area contributed by atoms with Gasteiger partial charge >= 0.3 is 0 Å². The summed E-state index contributed by atoms with van der Waals surface area (Å²) in [4.78, 5) is 4.94. The largest absolute Gasteiger partial charge is 0.368 e.